The summed E-state index contributed by atoms with van der Waals surface area (Å²) in [5.74, 6) is 0.886. The van der Waals surface area contributed by atoms with Crippen LogP contribution in [0.1, 0.15) is 18.5 Å². The molecule has 7 nitrogen and oxygen atoms in total. The molecule has 7 heteroatoms. The Balaban J connectivity index is 1.50. The number of piperidine rings is 1. The first-order valence-corrected chi connectivity index (χ1v) is 8.35. The SMILES string of the molecule is Cc1ccnc(NC2CCCN(CC(=O)N3CCOCC3)C2)n1. The topological polar surface area (TPSA) is 70.6 Å². The van der Waals surface area contributed by atoms with E-state index in [1.54, 1.807) is 6.20 Å². The van der Waals surface area contributed by atoms with Crippen LogP contribution in [-0.2, 0) is 9.53 Å². The molecule has 1 unspecified atom stereocenters. The molecular weight excluding hydrogens is 294 g/mol. The number of morpholine rings is 1. The summed E-state index contributed by atoms with van der Waals surface area (Å²) in [5.41, 5.74) is 0.956. The number of hydrogen-bond acceptors (Lipinski definition) is 6. The number of amides is 1. The molecule has 1 aromatic rings. The maximum Gasteiger partial charge on any atom is 0.236 e. The lowest BCUT2D eigenvalue weighted by atomic mass is 10.1. The molecule has 0 bridgehead atoms. The Kier molecular flexibility index (Phi) is 5.40. The van der Waals surface area contributed by atoms with Gasteiger partial charge in [0.05, 0.1) is 19.8 Å². The molecule has 3 rings (SSSR count). The predicted octanol–water partition coefficient (Wildman–Crippen LogP) is 0.520. The van der Waals surface area contributed by atoms with Crippen molar-refractivity contribution in [3.8, 4) is 0 Å². The highest BCUT2D eigenvalue weighted by Gasteiger charge is 2.24. The number of anilines is 1. The van der Waals surface area contributed by atoms with Gasteiger partial charge in [0, 0.05) is 37.6 Å². The fourth-order valence-electron chi connectivity index (χ4n) is 3.12. The van der Waals surface area contributed by atoms with E-state index >= 15 is 0 Å². The summed E-state index contributed by atoms with van der Waals surface area (Å²) < 4.78 is 5.30. The average Bonchev–Trinajstić information content (AvgIpc) is 2.56. The van der Waals surface area contributed by atoms with Crippen LogP contribution < -0.4 is 5.32 Å². The second-order valence-electron chi connectivity index (χ2n) is 6.23. The Labute approximate surface area is 137 Å². The molecular formula is C16H25N5O2. The summed E-state index contributed by atoms with van der Waals surface area (Å²) in [6, 6.07) is 2.18. The molecule has 0 aliphatic carbocycles. The Morgan fingerprint density at radius 2 is 2.22 bits per heavy atom. The normalized spacial score (nSPS) is 22.8. The molecule has 3 heterocycles. The van der Waals surface area contributed by atoms with Crippen molar-refractivity contribution >= 4 is 11.9 Å². The molecule has 23 heavy (non-hydrogen) atoms. The first kappa shape index (κ1) is 16.1. The molecule has 1 aromatic heterocycles. The molecule has 0 spiro atoms. The fourth-order valence-corrected chi connectivity index (χ4v) is 3.12. The minimum Gasteiger partial charge on any atom is -0.378 e. The third-order valence-electron chi connectivity index (χ3n) is 4.36. The first-order chi connectivity index (χ1) is 11.2. The highest BCUT2D eigenvalue weighted by atomic mass is 16.5. The Morgan fingerprint density at radius 1 is 1.39 bits per heavy atom. The van der Waals surface area contributed by atoms with E-state index in [1.807, 2.05) is 17.9 Å². The van der Waals surface area contributed by atoms with Crippen molar-refractivity contribution in [1.29, 1.82) is 0 Å². The van der Waals surface area contributed by atoms with E-state index in [1.165, 1.54) is 0 Å². The lowest BCUT2D eigenvalue weighted by molar-refractivity contribution is -0.136. The molecule has 0 saturated carbocycles. The summed E-state index contributed by atoms with van der Waals surface area (Å²) >= 11 is 0. The van der Waals surface area contributed by atoms with Crippen LogP contribution in [0.4, 0.5) is 5.95 Å². The number of rotatable bonds is 4. The molecule has 0 radical (unpaired) electrons. The standard InChI is InChI=1S/C16H25N5O2/c1-13-4-5-17-16(18-13)19-14-3-2-6-20(11-14)12-15(22)21-7-9-23-10-8-21/h4-5,14H,2-3,6-12H2,1H3,(H,17,18,19). The highest BCUT2D eigenvalue weighted by Crippen LogP contribution is 2.14. The lowest BCUT2D eigenvalue weighted by Gasteiger charge is -2.35. The van der Waals surface area contributed by atoms with Gasteiger partial charge in [0.2, 0.25) is 11.9 Å². The van der Waals surface area contributed by atoms with Gasteiger partial charge in [0.25, 0.3) is 0 Å². The van der Waals surface area contributed by atoms with E-state index in [0.717, 1.165) is 31.6 Å². The Morgan fingerprint density at radius 3 is 3.00 bits per heavy atom. The second kappa shape index (κ2) is 7.70. The van der Waals surface area contributed by atoms with Crippen molar-refractivity contribution in [3.05, 3.63) is 18.0 Å². The van der Waals surface area contributed by atoms with Crippen molar-refractivity contribution in [1.82, 2.24) is 19.8 Å². The van der Waals surface area contributed by atoms with E-state index < -0.39 is 0 Å². The van der Waals surface area contributed by atoms with Crippen LogP contribution in [0, 0.1) is 6.92 Å². The van der Waals surface area contributed by atoms with Gasteiger partial charge in [0.1, 0.15) is 0 Å². The monoisotopic (exact) mass is 319 g/mol. The minimum absolute atomic E-state index is 0.209. The number of carbonyl (C=O) groups is 1. The molecule has 2 aliphatic heterocycles. The van der Waals surface area contributed by atoms with Gasteiger partial charge in [-0.05, 0) is 32.4 Å². The molecule has 126 valence electrons. The van der Waals surface area contributed by atoms with Crippen LogP contribution in [0.15, 0.2) is 12.3 Å². The number of nitrogens with one attached hydrogen (secondary N) is 1. The zero-order valence-electron chi connectivity index (χ0n) is 13.7. The first-order valence-electron chi connectivity index (χ1n) is 8.35. The molecule has 2 fully saturated rings. The highest BCUT2D eigenvalue weighted by molar-refractivity contribution is 5.78. The van der Waals surface area contributed by atoms with Crippen molar-refractivity contribution in [2.24, 2.45) is 0 Å². The summed E-state index contributed by atoms with van der Waals surface area (Å²) in [5, 5.41) is 3.40. The zero-order valence-corrected chi connectivity index (χ0v) is 13.7. The smallest absolute Gasteiger partial charge is 0.236 e. The van der Waals surface area contributed by atoms with E-state index in [-0.39, 0.29) is 5.91 Å². The molecule has 1 amide bonds. The third kappa shape index (κ3) is 4.62. The molecule has 0 aromatic carbocycles. The summed E-state index contributed by atoms with van der Waals surface area (Å²) in [6.07, 6.45) is 3.94. The van der Waals surface area contributed by atoms with Crippen molar-refractivity contribution in [3.63, 3.8) is 0 Å². The van der Waals surface area contributed by atoms with Gasteiger partial charge in [-0.3, -0.25) is 9.69 Å². The van der Waals surface area contributed by atoms with Crippen LogP contribution in [-0.4, -0.2) is 77.7 Å². The number of aromatic nitrogens is 2. The summed E-state index contributed by atoms with van der Waals surface area (Å²) in [4.78, 5) is 25.2. The maximum absolute atomic E-state index is 12.4. The van der Waals surface area contributed by atoms with Gasteiger partial charge >= 0.3 is 0 Å². The largest absolute Gasteiger partial charge is 0.378 e. The number of nitrogens with zero attached hydrogens (tertiary/aromatic N) is 4. The molecule has 1 atom stereocenters. The van der Waals surface area contributed by atoms with Gasteiger partial charge in [-0.15, -0.1) is 0 Å². The van der Waals surface area contributed by atoms with Gasteiger partial charge in [-0.2, -0.15) is 0 Å². The minimum atomic E-state index is 0.209. The van der Waals surface area contributed by atoms with E-state index in [4.69, 9.17) is 4.74 Å². The van der Waals surface area contributed by atoms with Crippen LogP contribution in [0.25, 0.3) is 0 Å². The van der Waals surface area contributed by atoms with Gasteiger partial charge in [0.15, 0.2) is 0 Å². The van der Waals surface area contributed by atoms with Gasteiger partial charge in [-0.1, -0.05) is 0 Å². The van der Waals surface area contributed by atoms with Crippen LogP contribution in [0.5, 0.6) is 0 Å². The summed E-state index contributed by atoms with van der Waals surface area (Å²) in [7, 11) is 0. The molecule has 2 saturated heterocycles. The number of carbonyl (C=O) groups excluding carboxylic acids is 1. The van der Waals surface area contributed by atoms with Gasteiger partial charge in [-0.25, -0.2) is 9.97 Å². The Bertz CT molecular complexity index is 533. The van der Waals surface area contributed by atoms with Crippen molar-refractivity contribution in [2.75, 3.05) is 51.3 Å². The number of aryl methyl sites for hydroxylation is 1. The number of ether oxygens (including phenoxy) is 1. The van der Waals surface area contributed by atoms with Crippen molar-refractivity contribution < 1.29 is 9.53 Å². The maximum atomic E-state index is 12.4. The van der Waals surface area contributed by atoms with Crippen LogP contribution in [0.3, 0.4) is 0 Å². The van der Waals surface area contributed by atoms with Crippen molar-refractivity contribution in [2.45, 2.75) is 25.8 Å². The van der Waals surface area contributed by atoms with E-state index in [0.29, 0.717) is 44.8 Å². The lowest BCUT2D eigenvalue weighted by Crippen LogP contribution is -2.49. The molecule has 2 aliphatic rings. The third-order valence-corrected chi connectivity index (χ3v) is 4.36. The number of hydrogen-bond donors (Lipinski definition) is 1. The average molecular weight is 319 g/mol. The predicted molar refractivity (Wildman–Crippen MR) is 87.3 cm³/mol. The zero-order chi connectivity index (χ0) is 16.1. The Hall–Kier alpha value is -1.73. The summed E-state index contributed by atoms with van der Waals surface area (Å²) in [6.45, 7) is 7.02. The van der Waals surface area contributed by atoms with E-state index in [2.05, 4.69) is 20.2 Å². The molecule has 1 N–H and O–H groups in total. The number of likely N-dealkylation sites (tertiary alicyclic amines) is 1. The van der Waals surface area contributed by atoms with Crippen LogP contribution in [0.2, 0.25) is 0 Å². The second-order valence-corrected chi connectivity index (χ2v) is 6.23. The van der Waals surface area contributed by atoms with Gasteiger partial charge < -0.3 is 15.0 Å². The van der Waals surface area contributed by atoms with E-state index in [9.17, 15) is 4.79 Å². The van der Waals surface area contributed by atoms with Crippen LogP contribution >= 0.6 is 0 Å². The fraction of sp³-hybridized carbons (Fsp3) is 0.688. The quantitative estimate of drug-likeness (QED) is 0.872.